The third-order valence-electron chi connectivity index (χ3n) is 3.51. The zero-order valence-corrected chi connectivity index (χ0v) is 12.8. The van der Waals surface area contributed by atoms with E-state index in [0.717, 1.165) is 6.42 Å². The molecule has 0 nitrogen and oxygen atoms in total. The zero-order valence-electron chi connectivity index (χ0n) is 12.8. The van der Waals surface area contributed by atoms with E-state index < -0.39 is 0 Å². The topological polar surface area (TPSA) is 0 Å². The number of unbranched alkanes of at least 4 members (excludes halogenated alkanes) is 12. The van der Waals surface area contributed by atoms with Crippen LogP contribution in [0.15, 0.2) is 12.2 Å². The van der Waals surface area contributed by atoms with Crippen molar-refractivity contribution in [1.29, 1.82) is 0 Å². The highest BCUT2D eigenvalue weighted by Crippen LogP contribution is 2.09. The molecule has 0 saturated carbocycles. The van der Waals surface area contributed by atoms with Gasteiger partial charge in [0.05, 0.1) is 0 Å². The van der Waals surface area contributed by atoms with Gasteiger partial charge >= 0.3 is 0 Å². The van der Waals surface area contributed by atoms with Crippen molar-refractivity contribution in [3.8, 4) is 0 Å². The molecule has 0 aliphatic heterocycles. The lowest BCUT2D eigenvalue weighted by molar-refractivity contribution is 0.609. The van der Waals surface area contributed by atoms with Crippen LogP contribution in [0.5, 0.6) is 0 Å². The summed E-state index contributed by atoms with van der Waals surface area (Å²) in [6.45, 7) is 6.15. The maximum Gasteiger partial charge on any atom is -0.0351 e. The molecule has 0 saturated heterocycles. The van der Waals surface area contributed by atoms with E-state index in [1.807, 2.05) is 0 Å². The van der Waals surface area contributed by atoms with Crippen molar-refractivity contribution < 1.29 is 0 Å². The van der Waals surface area contributed by atoms with Crippen LogP contribution in [0.4, 0.5) is 0 Å². The molecule has 0 heteroatoms. The van der Waals surface area contributed by atoms with Crippen molar-refractivity contribution in [2.24, 2.45) is 0 Å². The van der Waals surface area contributed by atoms with Gasteiger partial charge in [-0.2, -0.15) is 0 Å². The van der Waals surface area contributed by atoms with E-state index in [9.17, 15) is 0 Å². The maximum absolute atomic E-state index is 3.87. The Morgan fingerprint density at radius 2 is 1.06 bits per heavy atom. The van der Waals surface area contributed by atoms with Crippen LogP contribution in [0.3, 0.4) is 0 Å². The van der Waals surface area contributed by atoms with Gasteiger partial charge in [0.15, 0.2) is 0 Å². The van der Waals surface area contributed by atoms with Crippen LogP contribution in [0.25, 0.3) is 0 Å². The fourth-order valence-corrected chi connectivity index (χ4v) is 2.25. The molecule has 1 radical (unpaired) electrons. The second kappa shape index (κ2) is 16.7. The minimum atomic E-state index is 1.11. The van der Waals surface area contributed by atoms with Crippen LogP contribution in [0, 0.1) is 6.92 Å². The fraction of sp³-hybridized carbons (Fsp3) is 0.833. The zero-order chi connectivity index (χ0) is 13.3. The van der Waals surface area contributed by atoms with E-state index in [0.29, 0.717) is 0 Å². The molecule has 0 aromatic heterocycles. The first-order valence-corrected chi connectivity index (χ1v) is 8.36. The smallest absolute Gasteiger partial charge is 0.0351 e. The number of allylic oxidation sites excluding steroid dienone is 2. The van der Waals surface area contributed by atoms with Crippen LogP contribution in [0.2, 0.25) is 0 Å². The molecular weight excluding hydrogens is 216 g/mol. The van der Waals surface area contributed by atoms with Gasteiger partial charge in [-0.3, -0.25) is 0 Å². The molecule has 0 aromatic carbocycles. The van der Waals surface area contributed by atoms with Gasteiger partial charge < -0.3 is 0 Å². The summed E-state index contributed by atoms with van der Waals surface area (Å²) in [6.07, 6.45) is 23.8. The molecule has 18 heavy (non-hydrogen) atoms. The molecule has 0 aromatic rings. The third kappa shape index (κ3) is 15.7. The van der Waals surface area contributed by atoms with Gasteiger partial charge in [-0.1, -0.05) is 90.2 Å². The summed E-state index contributed by atoms with van der Waals surface area (Å²) >= 11 is 0. The lowest BCUT2D eigenvalue weighted by Crippen LogP contribution is -1.79. The molecule has 0 amide bonds. The molecule has 0 spiro atoms. The highest BCUT2D eigenvalue weighted by molar-refractivity contribution is 4.81. The monoisotopic (exact) mass is 251 g/mol. The summed E-state index contributed by atoms with van der Waals surface area (Å²) in [5.74, 6) is 0. The summed E-state index contributed by atoms with van der Waals surface area (Å²) in [7, 11) is 0. The Kier molecular flexibility index (Phi) is 16.5. The van der Waals surface area contributed by atoms with Gasteiger partial charge in [0.25, 0.3) is 0 Å². The lowest BCUT2D eigenvalue weighted by atomic mass is 10.1. The Bertz CT molecular complexity index is 139. The number of rotatable bonds is 14. The first-order valence-electron chi connectivity index (χ1n) is 8.36. The molecule has 0 rings (SSSR count). The maximum atomic E-state index is 3.87. The molecule has 0 unspecified atom stereocenters. The molecule has 0 aliphatic rings. The van der Waals surface area contributed by atoms with Crippen LogP contribution in [-0.2, 0) is 0 Å². The first-order chi connectivity index (χ1) is 8.91. The normalized spacial score (nSPS) is 11.4. The minimum absolute atomic E-state index is 1.11. The van der Waals surface area contributed by atoms with Crippen molar-refractivity contribution >= 4 is 0 Å². The Hall–Kier alpha value is -0.260. The highest BCUT2D eigenvalue weighted by atomic mass is 14.0. The Labute approximate surface area is 116 Å². The van der Waals surface area contributed by atoms with Gasteiger partial charge in [0.2, 0.25) is 0 Å². The van der Waals surface area contributed by atoms with E-state index in [2.05, 4.69) is 26.0 Å². The summed E-state index contributed by atoms with van der Waals surface area (Å²) in [4.78, 5) is 0. The third-order valence-corrected chi connectivity index (χ3v) is 3.51. The van der Waals surface area contributed by atoms with E-state index in [1.165, 1.54) is 83.5 Å². The van der Waals surface area contributed by atoms with E-state index in [4.69, 9.17) is 0 Å². The largest absolute Gasteiger partial charge is 0.0885 e. The summed E-state index contributed by atoms with van der Waals surface area (Å²) < 4.78 is 0. The van der Waals surface area contributed by atoms with Crippen molar-refractivity contribution in [2.75, 3.05) is 0 Å². The lowest BCUT2D eigenvalue weighted by Gasteiger charge is -1.98. The minimum Gasteiger partial charge on any atom is -0.0885 e. The molecule has 0 heterocycles. The molecule has 0 atom stereocenters. The second-order valence-corrected chi connectivity index (χ2v) is 5.44. The first kappa shape index (κ1) is 17.7. The average Bonchev–Trinajstić information content (AvgIpc) is 2.39. The predicted molar refractivity (Wildman–Crippen MR) is 84.8 cm³/mol. The van der Waals surface area contributed by atoms with Crippen molar-refractivity contribution in [2.45, 2.75) is 96.8 Å². The Morgan fingerprint density at radius 3 is 1.56 bits per heavy atom. The molecular formula is C18H35. The highest BCUT2D eigenvalue weighted by Gasteiger charge is 1.89. The van der Waals surface area contributed by atoms with Gasteiger partial charge in [-0.25, -0.2) is 0 Å². The van der Waals surface area contributed by atoms with Gasteiger partial charge in [-0.05, 0) is 25.7 Å². The summed E-state index contributed by atoms with van der Waals surface area (Å²) in [5, 5.41) is 0. The Balaban J connectivity index is 3.00. The standard InChI is InChI=1S/C18H35/c1-3-5-7-9-11-13-15-17-18-16-14-12-10-8-6-4-2/h17-18H,1,3-16H2,2H3. The van der Waals surface area contributed by atoms with E-state index in [1.54, 1.807) is 0 Å². The van der Waals surface area contributed by atoms with Crippen molar-refractivity contribution in [3.05, 3.63) is 19.1 Å². The van der Waals surface area contributed by atoms with E-state index in [-0.39, 0.29) is 0 Å². The molecule has 0 N–H and O–H groups in total. The predicted octanol–water partition coefficient (Wildman–Crippen LogP) is 6.86. The summed E-state index contributed by atoms with van der Waals surface area (Å²) in [6, 6.07) is 0. The molecule has 0 fully saturated rings. The summed E-state index contributed by atoms with van der Waals surface area (Å²) in [5.41, 5.74) is 0. The molecule has 0 bridgehead atoms. The molecule has 0 aliphatic carbocycles. The molecule has 107 valence electrons. The Morgan fingerprint density at radius 1 is 0.611 bits per heavy atom. The van der Waals surface area contributed by atoms with Crippen LogP contribution in [0.1, 0.15) is 96.8 Å². The second-order valence-electron chi connectivity index (χ2n) is 5.44. The van der Waals surface area contributed by atoms with E-state index >= 15 is 0 Å². The van der Waals surface area contributed by atoms with Crippen LogP contribution in [-0.4, -0.2) is 0 Å². The van der Waals surface area contributed by atoms with Crippen molar-refractivity contribution in [3.63, 3.8) is 0 Å². The average molecular weight is 251 g/mol. The SMILES string of the molecule is [CH2]CCCCCCCC=CCCCCCCCC. The van der Waals surface area contributed by atoms with Crippen LogP contribution < -0.4 is 0 Å². The van der Waals surface area contributed by atoms with Crippen molar-refractivity contribution in [1.82, 2.24) is 0 Å². The number of hydrogen-bond acceptors (Lipinski definition) is 0. The van der Waals surface area contributed by atoms with Gasteiger partial charge in [-0.15, -0.1) is 0 Å². The van der Waals surface area contributed by atoms with Crippen LogP contribution >= 0.6 is 0 Å². The van der Waals surface area contributed by atoms with Gasteiger partial charge in [0.1, 0.15) is 0 Å². The fourth-order valence-electron chi connectivity index (χ4n) is 2.25. The quantitative estimate of drug-likeness (QED) is 0.234. The number of hydrogen-bond donors (Lipinski definition) is 0. The van der Waals surface area contributed by atoms with Gasteiger partial charge in [0, 0.05) is 0 Å².